The molecule has 1 heterocycles. The fourth-order valence-corrected chi connectivity index (χ4v) is 3.02. The number of ether oxygens (including phenoxy) is 1. The van der Waals surface area contributed by atoms with Gasteiger partial charge in [-0.2, -0.15) is 0 Å². The minimum absolute atomic E-state index is 0.0477. The van der Waals surface area contributed by atoms with E-state index < -0.39 is 0 Å². The number of hydrogen-bond acceptors (Lipinski definition) is 5. The Morgan fingerprint density at radius 3 is 2.62 bits per heavy atom. The summed E-state index contributed by atoms with van der Waals surface area (Å²) in [4.78, 5) is 25.2. The van der Waals surface area contributed by atoms with E-state index in [1.165, 1.54) is 0 Å². The number of anilines is 1. The molecule has 32 heavy (non-hydrogen) atoms. The molecule has 1 aromatic heterocycles. The molecule has 166 valence electrons. The van der Waals surface area contributed by atoms with Gasteiger partial charge in [0, 0.05) is 5.56 Å². The van der Waals surface area contributed by atoms with Crippen molar-refractivity contribution in [2.24, 2.45) is 0 Å². The second-order valence-corrected chi connectivity index (χ2v) is 7.49. The maximum atomic E-state index is 12.6. The summed E-state index contributed by atoms with van der Waals surface area (Å²) in [6.07, 6.45) is 2.45. The summed E-state index contributed by atoms with van der Waals surface area (Å²) < 4.78 is 11.0. The topological polar surface area (TPSA) is 92.6 Å². The molecule has 0 saturated heterocycles. The number of hydrogen-bond donors (Lipinski definition) is 3. The molecule has 0 aliphatic carbocycles. The third-order valence-electron chi connectivity index (χ3n) is 4.66. The predicted octanol–water partition coefficient (Wildman–Crippen LogP) is 4.51. The monoisotopic (exact) mass is 451 g/mol. The number of para-hydroxylation sites is 1. The molecule has 0 saturated carbocycles. The second kappa shape index (κ2) is 11.1. The van der Waals surface area contributed by atoms with Crippen molar-refractivity contribution in [3.05, 3.63) is 83.8 Å². The second-order valence-electron chi connectivity index (χ2n) is 7.08. The molecular formula is C24H25N3O4S. The van der Waals surface area contributed by atoms with Gasteiger partial charge in [0.15, 0.2) is 5.11 Å². The normalized spacial score (nSPS) is 11.3. The molecule has 3 rings (SSSR count). The van der Waals surface area contributed by atoms with Gasteiger partial charge in [-0.1, -0.05) is 25.1 Å². The Morgan fingerprint density at radius 2 is 1.88 bits per heavy atom. The number of furan rings is 1. The van der Waals surface area contributed by atoms with Crippen molar-refractivity contribution in [3.8, 4) is 5.75 Å². The number of rotatable bonds is 8. The van der Waals surface area contributed by atoms with Gasteiger partial charge in [0.25, 0.3) is 11.8 Å². The Morgan fingerprint density at radius 1 is 1.06 bits per heavy atom. The first kappa shape index (κ1) is 23.0. The van der Waals surface area contributed by atoms with E-state index >= 15 is 0 Å². The van der Waals surface area contributed by atoms with Crippen molar-refractivity contribution in [1.82, 2.24) is 10.6 Å². The summed E-state index contributed by atoms with van der Waals surface area (Å²) in [5.41, 5.74) is 1.28. The Labute approximate surface area is 192 Å². The van der Waals surface area contributed by atoms with Crippen LogP contribution in [0.15, 0.2) is 71.3 Å². The van der Waals surface area contributed by atoms with Crippen molar-refractivity contribution in [2.75, 3.05) is 5.32 Å². The van der Waals surface area contributed by atoms with Crippen LogP contribution in [0.4, 0.5) is 5.69 Å². The summed E-state index contributed by atoms with van der Waals surface area (Å²) in [6, 6.07) is 17.3. The SMILES string of the molecule is CCC(C)Oc1cccc(C(=O)NC(=S)Nc2ccccc2C(=O)NCc2ccco2)c1. The molecule has 1 atom stereocenters. The molecule has 0 radical (unpaired) electrons. The van der Waals surface area contributed by atoms with E-state index in [9.17, 15) is 9.59 Å². The smallest absolute Gasteiger partial charge is 0.257 e. The number of carbonyl (C=O) groups is 2. The van der Waals surface area contributed by atoms with Crippen molar-refractivity contribution >= 4 is 34.8 Å². The van der Waals surface area contributed by atoms with Gasteiger partial charge >= 0.3 is 0 Å². The van der Waals surface area contributed by atoms with E-state index in [1.54, 1.807) is 66.9 Å². The summed E-state index contributed by atoms with van der Waals surface area (Å²) >= 11 is 5.29. The minimum atomic E-state index is -0.378. The molecule has 7 nitrogen and oxygen atoms in total. The van der Waals surface area contributed by atoms with Crippen LogP contribution in [-0.2, 0) is 6.54 Å². The van der Waals surface area contributed by atoms with Crippen LogP contribution in [0.5, 0.6) is 5.75 Å². The fraction of sp³-hybridized carbons (Fsp3) is 0.208. The Balaban J connectivity index is 1.62. The van der Waals surface area contributed by atoms with E-state index in [2.05, 4.69) is 16.0 Å². The Bertz CT molecular complexity index is 1080. The summed E-state index contributed by atoms with van der Waals surface area (Å²) in [5, 5.41) is 8.43. The lowest BCUT2D eigenvalue weighted by atomic mass is 10.1. The average molecular weight is 452 g/mol. The molecule has 3 aromatic rings. The number of nitrogens with one attached hydrogen (secondary N) is 3. The molecule has 3 N–H and O–H groups in total. The first-order valence-corrected chi connectivity index (χ1v) is 10.7. The van der Waals surface area contributed by atoms with E-state index in [0.717, 1.165) is 6.42 Å². The van der Waals surface area contributed by atoms with Crippen LogP contribution in [0.25, 0.3) is 0 Å². The largest absolute Gasteiger partial charge is 0.491 e. The lowest BCUT2D eigenvalue weighted by Crippen LogP contribution is -2.35. The molecule has 0 spiro atoms. The van der Waals surface area contributed by atoms with Crippen LogP contribution in [0.3, 0.4) is 0 Å². The van der Waals surface area contributed by atoms with E-state index in [-0.39, 0.29) is 29.6 Å². The van der Waals surface area contributed by atoms with E-state index in [4.69, 9.17) is 21.4 Å². The van der Waals surface area contributed by atoms with Gasteiger partial charge in [-0.25, -0.2) is 0 Å². The highest BCUT2D eigenvalue weighted by Crippen LogP contribution is 2.17. The summed E-state index contributed by atoms with van der Waals surface area (Å²) in [5.74, 6) is 0.584. The van der Waals surface area contributed by atoms with Gasteiger partial charge in [0.05, 0.1) is 30.2 Å². The van der Waals surface area contributed by atoms with Gasteiger partial charge in [-0.3, -0.25) is 14.9 Å². The van der Waals surface area contributed by atoms with Crippen molar-refractivity contribution in [2.45, 2.75) is 32.9 Å². The van der Waals surface area contributed by atoms with Gasteiger partial charge in [-0.15, -0.1) is 0 Å². The van der Waals surface area contributed by atoms with Crippen LogP contribution < -0.4 is 20.7 Å². The van der Waals surface area contributed by atoms with Crippen LogP contribution >= 0.6 is 12.2 Å². The third-order valence-corrected chi connectivity index (χ3v) is 4.86. The van der Waals surface area contributed by atoms with Crippen LogP contribution in [0.2, 0.25) is 0 Å². The maximum absolute atomic E-state index is 12.6. The lowest BCUT2D eigenvalue weighted by molar-refractivity contribution is 0.0947. The van der Waals surface area contributed by atoms with Gasteiger partial charge < -0.3 is 19.8 Å². The molecule has 0 aliphatic rings. The number of amides is 2. The average Bonchev–Trinajstić information content (AvgIpc) is 3.31. The standard InChI is InChI=1S/C24H25N3O4S/c1-3-16(2)31-18-9-6-8-17(14-18)22(28)27-24(32)26-21-12-5-4-11-20(21)23(29)25-15-19-10-7-13-30-19/h4-14,16H,3,15H2,1-2H3,(H,25,29)(H2,26,27,28,32). The fourth-order valence-electron chi connectivity index (χ4n) is 2.82. The van der Waals surface area contributed by atoms with Gasteiger partial charge in [0.2, 0.25) is 0 Å². The maximum Gasteiger partial charge on any atom is 0.257 e. The molecule has 8 heteroatoms. The molecule has 0 aliphatic heterocycles. The van der Waals surface area contributed by atoms with Crippen LogP contribution in [0, 0.1) is 0 Å². The summed E-state index contributed by atoms with van der Waals surface area (Å²) in [7, 11) is 0. The minimum Gasteiger partial charge on any atom is -0.491 e. The Hall–Kier alpha value is -3.65. The molecular weight excluding hydrogens is 426 g/mol. The highest BCUT2D eigenvalue weighted by atomic mass is 32.1. The number of thiocarbonyl (C=S) groups is 1. The van der Waals surface area contributed by atoms with Gasteiger partial charge in [0.1, 0.15) is 11.5 Å². The third kappa shape index (κ3) is 6.42. The molecule has 1 unspecified atom stereocenters. The zero-order chi connectivity index (χ0) is 22.9. The van der Waals surface area contributed by atoms with E-state index in [1.807, 2.05) is 13.8 Å². The summed E-state index contributed by atoms with van der Waals surface area (Å²) in [6.45, 7) is 4.25. The zero-order valence-electron chi connectivity index (χ0n) is 17.9. The zero-order valence-corrected chi connectivity index (χ0v) is 18.7. The molecule has 2 aromatic carbocycles. The number of benzene rings is 2. The van der Waals surface area contributed by atoms with Crippen LogP contribution in [0.1, 0.15) is 46.7 Å². The highest BCUT2D eigenvalue weighted by molar-refractivity contribution is 7.80. The van der Waals surface area contributed by atoms with Crippen molar-refractivity contribution in [3.63, 3.8) is 0 Å². The quantitative estimate of drug-likeness (QED) is 0.436. The van der Waals surface area contributed by atoms with Gasteiger partial charge in [-0.05, 0) is 68.0 Å². The lowest BCUT2D eigenvalue weighted by Gasteiger charge is -2.15. The molecule has 0 fully saturated rings. The first-order chi connectivity index (χ1) is 15.5. The predicted molar refractivity (Wildman–Crippen MR) is 127 cm³/mol. The number of carbonyl (C=O) groups excluding carboxylic acids is 2. The molecule has 2 amide bonds. The first-order valence-electron chi connectivity index (χ1n) is 10.2. The highest BCUT2D eigenvalue weighted by Gasteiger charge is 2.14. The molecule has 0 bridgehead atoms. The van der Waals surface area contributed by atoms with Crippen molar-refractivity contribution < 1.29 is 18.7 Å². The van der Waals surface area contributed by atoms with E-state index in [0.29, 0.717) is 28.3 Å². The Kier molecular flexibility index (Phi) is 7.99. The van der Waals surface area contributed by atoms with Crippen molar-refractivity contribution in [1.29, 1.82) is 0 Å². The van der Waals surface area contributed by atoms with Crippen LogP contribution in [-0.4, -0.2) is 23.0 Å².